The third-order valence-corrected chi connectivity index (χ3v) is 5.28. The Morgan fingerprint density at radius 3 is 2.70 bits per heavy atom. The number of nitrogen functional groups attached to an aromatic ring is 1. The van der Waals surface area contributed by atoms with Crippen LogP contribution in [0.5, 0.6) is 5.75 Å². The molecule has 33 heavy (non-hydrogen) atoms. The third-order valence-electron chi connectivity index (χ3n) is 5.28. The van der Waals surface area contributed by atoms with E-state index in [9.17, 15) is 14.4 Å². The summed E-state index contributed by atoms with van der Waals surface area (Å²) in [6, 6.07) is 4.79. The van der Waals surface area contributed by atoms with Crippen molar-refractivity contribution in [2.45, 2.75) is 26.6 Å². The van der Waals surface area contributed by atoms with Gasteiger partial charge in [-0.15, -0.1) is 0 Å². The van der Waals surface area contributed by atoms with Gasteiger partial charge in [-0.2, -0.15) is 0 Å². The van der Waals surface area contributed by atoms with Gasteiger partial charge in [0.1, 0.15) is 11.6 Å². The maximum absolute atomic E-state index is 13.0. The first-order valence-corrected chi connectivity index (χ1v) is 10.4. The molecule has 174 valence electrons. The van der Waals surface area contributed by atoms with E-state index in [1.54, 1.807) is 37.0 Å². The van der Waals surface area contributed by atoms with Crippen LogP contribution in [0, 0.1) is 5.41 Å². The van der Waals surface area contributed by atoms with E-state index in [1.807, 2.05) is 6.20 Å². The number of allylic oxidation sites excluding steroid dienone is 3. The molecule has 1 aromatic carbocycles. The summed E-state index contributed by atoms with van der Waals surface area (Å²) < 4.78 is 11.1. The number of nitrogens with one attached hydrogen (secondary N) is 2. The van der Waals surface area contributed by atoms with Gasteiger partial charge >= 0.3 is 0 Å². The number of hydrogen-bond acceptors (Lipinski definition) is 7. The Balaban J connectivity index is 1.75. The van der Waals surface area contributed by atoms with E-state index in [-0.39, 0.29) is 36.4 Å². The van der Waals surface area contributed by atoms with Crippen LogP contribution in [0.25, 0.3) is 0 Å². The summed E-state index contributed by atoms with van der Waals surface area (Å²) in [5, 5.41) is 10.4. The second kappa shape index (κ2) is 10.1. The lowest BCUT2D eigenvalue weighted by molar-refractivity contribution is -0.142. The zero-order valence-electron chi connectivity index (χ0n) is 18.5. The molecule has 0 radical (unpaired) electrons. The minimum atomic E-state index is -0.900. The Hall–Kier alpha value is -3.92. The molecule has 10 heteroatoms. The molecule has 0 saturated carbocycles. The molecule has 1 atom stereocenters. The van der Waals surface area contributed by atoms with Crippen LogP contribution in [0.15, 0.2) is 53.3 Å². The van der Waals surface area contributed by atoms with Crippen molar-refractivity contribution in [2.75, 3.05) is 19.8 Å². The number of carbonyl (C=O) groups is 3. The fraction of sp³-hybridized carbons (Fsp3) is 0.304. The van der Waals surface area contributed by atoms with E-state index < -0.39 is 12.1 Å². The second-order valence-corrected chi connectivity index (χ2v) is 7.57. The SMILES string of the molecule is CCOC(C(=O)NCc1ccc(C(=N)N)cc1OCC(N)=O)N1C=C2C=CC(=O)C(C)=C2C1. The molecular weight excluding hydrogens is 426 g/mol. The van der Waals surface area contributed by atoms with Crippen LogP contribution in [0.2, 0.25) is 0 Å². The first-order valence-electron chi connectivity index (χ1n) is 10.4. The Morgan fingerprint density at radius 2 is 2.03 bits per heavy atom. The summed E-state index contributed by atoms with van der Waals surface area (Å²) in [4.78, 5) is 37.9. The predicted molar refractivity (Wildman–Crippen MR) is 121 cm³/mol. The van der Waals surface area contributed by atoms with Gasteiger partial charge < -0.3 is 31.2 Å². The molecule has 1 heterocycles. The highest BCUT2D eigenvalue weighted by Gasteiger charge is 2.32. The first-order chi connectivity index (χ1) is 15.7. The highest BCUT2D eigenvalue weighted by atomic mass is 16.5. The van der Waals surface area contributed by atoms with Gasteiger partial charge in [0.25, 0.3) is 11.8 Å². The van der Waals surface area contributed by atoms with Crippen molar-refractivity contribution < 1.29 is 23.9 Å². The molecule has 0 fully saturated rings. The van der Waals surface area contributed by atoms with Crippen molar-refractivity contribution in [3.05, 3.63) is 64.4 Å². The number of nitrogens with zero attached hydrogens (tertiary/aromatic N) is 1. The molecule has 1 aliphatic carbocycles. The summed E-state index contributed by atoms with van der Waals surface area (Å²) in [5.74, 6) is -0.952. The number of nitrogens with two attached hydrogens (primary N) is 2. The van der Waals surface area contributed by atoms with Crippen LogP contribution < -0.4 is 21.5 Å². The Morgan fingerprint density at radius 1 is 1.27 bits per heavy atom. The smallest absolute Gasteiger partial charge is 0.270 e. The van der Waals surface area contributed by atoms with E-state index in [4.69, 9.17) is 26.4 Å². The summed E-state index contributed by atoms with van der Waals surface area (Å²) in [6.45, 7) is 3.99. The van der Waals surface area contributed by atoms with Crippen molar-refractivity contribution in [2.24, 2.45) is 11.5 Å². The summed E-state index contributed by atoms with van der Waals surface area (Å²) >= 11 is 0. The number of amides is 2. The predicted octanol–water partition coefficient (Wildman–Crippen LogP) is 0.468. The first kappa shape index (κ1) is 23.7. The summed E-state index contributed by atoms with van der Waals surface area (Å²) in [6.07, 6.45) is 4.17. The van der Waals surface area contributed by atoms with Gasteiger partial charge in [0.05, 0.1) is 0 Å². The van der Waals surface area contributed by atoms with E-state index in [1.165, 1.54) is 12.1 Å². The molecule has 1 aromatic rings. The molecule has 10 nitrogen and oxygen atoms in total. The number of rotatable bonds is 10. The normalized spacial score (nSPS) is 15.8. The molecule has 0 saturated heterocycles. The number of carbonyl (C=O) groups excluding carboxylic acids is 3. The minimum Gasteiger partial charge on any atom is -0.483 e. The van der Waals surface area contributed by atoms with Gasteiger partial charge in [0.2, 0.25) is 6.23 Å². The van der Waals surface area contributed by atoms with Crippen molar-refractivity contribution in [3.8, 4) is 5.75 Å². The Kier molecular flexibility index (Phi) is 7.29. The van der Waals surface area contributed by atoms with Crippen molar-refractivity contribution in [3.63, 3.8) is 0 Å². The van der Waals surface area contributed by atoms with Crippen LogP contribution in [0.1, 0.15) is 25.0 Å². The lowest BCUT2D eigenvalue weighted by Gasteiger charge is -2.26. The van der Waals surface area contributed by atoms with Crippen LogP contribution in [0.3, 0.4) is 0 Å². The van der Waals surface area contributed by atoms with Crippen molar-refractivity contribution in [1.29, 1.82) is 5.41 Å². The van der Waals surface area contributed by atoms with Crippen LogP contribution >= 0.6 is 0 Å². The van der Waals surface area contributed by atoms with Gasteiger partial charge in [-0.25, -0.2) is 0 Å². The number of primary amides is 1. The lowest BCUT2D eigenvalue weighted by Crippen LogP contribution is -2.45. The largest absolute Gasteiger partial charge is 0.483 e. The van der Waals surface area contributed by atoms with Gasteiger partial charge in [-0.3, -0.25) is 19.8 Å². The van der Waals surface area contributed by atoms with Crippen LogP contribution in [-0.4, -0.2) is 54.3 Å². The monoisotopic (exact) mass is 453 g/mol. The number of fused-ring (bicyclic) bond motifs is 1. The highest BCUT2D eigenvalue weighted by molar-refractivity contribution is 6.07. The number of hydrogen-bond donors (Lipinski definition) is 4. The molecule has 2 aliphatic rings. The molecule has 6 N–H and O–H groups in total. The number of amidine groups is 1. The van der Waals surface area contributed by atoms with Crippen LogP contribution in [0.4, 0.5) is 0 Å². The standard InChI is InChI=1S/C23H27N5O5/c1-3-32-23(28-10-16-6-7-18(29)13(2)17(16)11-28)22(31)27-9-15-5-4-14(21(25)26)8-19(15)33-12-20(24)30/h4-8,10,23H,3,9,11-12H2,1-2H3,(H2,24,30)(H3,25,26)(H,27,31). The van der Waals surface area contributed by atoms with E-state index in [0.717, 1.165) is 11.1 Å². The maximum atomic E-state index is 13.0. The molecule has 1 aliphatic heterocycles. The lowest BCUT2D eigenvalue weighted by atomic mass is 9.95. The van der Waals surface area contributed by atoms with Crippen LogP contribution in [-0.2, 0) is 25.7 Å². The summed E-state index contributed by atoms with van der Waals surface area (Å²) in [7, 11) is 0. The minimum absolute atomic E-state index is 0.0427. The van der Waals surface area contributed by atoms with Gasteiger partial charge in [-0.1, -0.05) is 12.1 Å². The second-order valence-electron chi connectivity index (χ2n) is 7.57. The molecule has 3 rings (SSSR count). The Bertz CT molecular complexity index is 1090. The fourth-order valence-electron chi connectivity index (χ4n) is 3.55. The molecule has 0 aromatic heterocycles. The van der Waals surface area contributed by atoms with Gasteiger partial charge in [-0.05, 0) is 43.2 Å². The Labute approximate surface area is 191 Å². The van der Waals surface area contributed by atoms with Gasteiger partial charge in [0, 0.05) is 42.6 Å². The molecule has 0 spiro atoms. The molecule has 0 bridgehead atoms. The maximum Gasteiger partial charge on any atom is 0.270 e. The quantitative estimate of drug-likeness (QED) is 0.296. The molecule has 1 unspecified atom stereocenters. The molecule has 2 amide bonds. The van der Waals surface area contributed by atoms with E-state index in [2.05, 4.69) is 5.32 Å². The zero-order chi connectivity index (χ0) is 24.1. The van der Waals surface area contributed by atoms with E-state index in [0.29, 0.717) is 29.9 Å². The van der Waals surface area contributed by atoms with Crippen molar-refractivity contribution in [1.82, 2.24) is 10.2 Å². The average Bonchev–Trinajstić information content (AvgIpc) is 3.21. The van der Waals surface area contributed by atoms with Crippen molar-refractivity contribution >= 4 is 23.4 Å². The number of ketones is 1. The van der Waals surface area contributed by atoms with E-state index >= 15 is 0 Å². The number of benzene rings is 1. The zero-order valence-corrected chi connectivity index (χ0v) is 18.5. The topological polar surface area (TPSA) is 161 Å². The highest BCUT2D eigenvalue weighted by Crippen LogP contribution is 2.30. The molecular formula is C23H27N5O5. The fourth-order valence-corrected chi connectivity index (χ4v) is 3.55. The third kappa shape index (κ3) is 5.47. The van der Waals surface area contributed by atoms with Gasteiger partial charge in [0.15, 0.2) is 12.4 Å². The average molecular weight is 453 g/mol. The number of ether oxygens (including phenoxy) is 2. The summed E-state index contributed by atoms with van der Waals surface area (Å²) in [5.41, 5.74) is 14.1.